The van der Waals surface area contributed by atoms with Crippen LogP contribution in [0.25, 0.3) is 0 Å². The summed E-state index contributed by atoms with van der Waals surface area (Å²) in [6.45, 7) is 18.1. The van der Waals surface area contributed by atoms with Crippen LogP contribution in [0.3, 0.4) is 0 Å². The molecule has 1 aromatic rings. The molecular formula is C24H36B2BrFO6. The molecule has 6 nitrogen and oxygen atoms in total. The largest absolute Gasteiger partial charge is 0.489 e. The van der Waals surface area contributed by atoms with E-state index in [1.807, 2.05) is 47.6 Å². The van der Waals surface area contributed by atoms with Gasteiger partial charge in [0, 0.05) is 16.0 Å². The first kappa shape index (κ1) is 26.6. The lowest BCUT2D eigenvalue weighted by atomic mass is 9.49. The maximum atomic E-state index is 14.9. The Morgan fingerprint density at radius 2 is 1.65 bits per heavy atom. The van der Waals surface area contributed by atoms with Crippen molar-refractivity contribution in [2.75, 3.05) is 13.4 Å². The lowest BCUT2D eigenvalue weighted by Crippen LogP contribution is -2.57. The first-order valence-electron chi connectivity index (χ1n) is 11.9. The number of aryl methyl sites for hydroxylation is 1. The van der Waals surface area contributed by atoms with Crippen molar-refractivity contribution < 1.29 is 32.5 Å². The Hall–Kier alpha value is -0.480. The molecule has 0 amide bonds. The SMILES string of the molecule is Cc1ccc(Br)c(C(C)(C)OCOCC2CC3(C)OB(OC3(C)C)B3OC(C)(C)C2(C)O3)c1F. The van der Waals surface area contributed by atoms with Gasteiger partial charge in [0.15, 0.2) is 0 Å². The summed E-state index contributed by atoms with van der Waals surface area (Å²) in [4.78, 5) is 0. The van der Waals surface area contributed by atoms with E-state index < -0.39 is 42.0 Å². The molecule has 3 unspecified atom stereocenters. The lowest BCUT2D eigenvalue weighted by molar-refractivity contribution is -0.165. The number of rotatable bonds is 6. The summed E-state index contributed by atoms with van der Waals surface area (Å²) < 4.78 is 53.0. The zero-order chi connectivity index (χ0) is 25.3. The second-order valence-corrected chi connectivity index (χ2v) is 12.5. The van der Waals surface area contributed by atoms with Gasteiger partial charge in [0.25, 0.3) is 0 Å². The molecule has 188 valence electrons. The molecule has 0 N–H and O–H groups in total. The number of fused-ring (bicyclic) bond motifs is 5. The Morgan fingerprint density at radius 3 is 2.32 bits per heavy atom. The fourth-order valence-corrected chi connectivity index (χ4v) is 6.08. The van der Waals surface area contributed by atoms with Crippen LogP contribution in [0, 0.1) is 18.7 Å². The molecule has 0 aliphatic carbocycles. The molecule has 0 spiro atoms. The van der Waals surface area contributed by atoms with Crippen molar-refractivity contribution >= 4 is 29.9 Å². The van der Waals surface area contributed by atoms with E-state index in [0.29, 0.717) is 28.6 Å². The third-order valence-corrected chi connectivity index (χ3v) is 9.03. The molecule has 3 atom stereocenters. The van der Waals surface area contributed by atoms with Crippen molar-refractivity contribution in [1.82, 2.24) is 0 Å². The molecule has 4 bridgehead atoms. The number of hydrogen-bond donors (Lipinski definition) is 0. The van der Waals surface area contributed by atoms with E-state index in [0.717, 1.165) is 0 Å². The molecule has 3 heterocycles. The van der Waals surface area contributed by atoms with E-state index in [-0.39, 0.29) is 18.5 Å². The van der Waals surface area contributed by atoms with Gasteiger partial charge in [0.05, 0.1) is 34.6 Å². The predicted octanol–water partition coefficient (Wildman–Crippen LogP) is 5.37. The topological polar surface area (TPSA) is 55.4 Å². The predicted molar refractivity (Wildman–Crippen MR) is 133 cm³/mol. The molecular weight excluding hydrogens is 505 g/mol. The van der Waals surface area contributed by atoms with E-state index in [1.165, 1.54) is 0 Å². The minimum absolute atomic E-state index is 0.00417. The van der Waals surface area contributed by atoms with Crippen LogP contribution in [0.5, 0.6) is 0 Å². The Kier molecular flexibility index (Phi) is 6.67. The van der Waals surface area contributed by atoms with Crippen molar-refractivity contribution in [3.8, 4) is 0 Å². The number of halogens is 2. The summed E-state index contributed by atoms with van der Waals surface area (Å²) in [6, 6.07) is 3.58. The molecule has 34 heavy (non-hydrogen) atoms. The number of benzene rings is 1. The van der Waals surface area contributed by atoms with Crippen LogP contribution < -0.4 is 0 Å². The fourth-order valence-electron chi connectivity index (χ4n) is 5.30. The normalized spacial score (nSPS) is 32.1. The molecule has 3 aliphatic heterocycles. The van der Waals surface area contributed by atoms with Crippen molar-refractivity contribution in [3.05, 3.63) is 33.5 Å². The standard InChI is InChI=1S/C24H36B2BrFO6/c1-15-10-11-17(27)18(19(15)28)20(2,3)30-14-29-13-16-12-23(8)21(4,5)31-25(33-23)26-32-22(6,7)24(16,9)34-26/h10-11,16H,12-14H2,1-9H3. The average Bonchev–Trinajstić information content (AvgIpc) is 3.10. The maximum absolute atomic E-state index is 14.9. The zero-order valence-corrected chi connectivity index (χ0v) is 23.3. The summed E-state index contributed by atoms with van der Waals surface area (Å²) in [6.07, 6.45) is 0.661. The van der Waals surface area contributed by atoms with E-state index in [9.17, 15) is 4.39 Å². The fraction of sp³-hybridized carbons (Fsp3) is 0.750. The molecule has 3 fully saturated rings. The van der Waals surface area contributed by atoms with E-state index >= 15 is 0 Å². The van der Waals surface area contributed by atoms with Crippen LogP contribution in [0.1, 0.15) is 72.9 Å². The van der Waals surface area contributed by atoms with E-state index in [1.54, 1.807) is 13.0 Å². The quantitative estimate of drug-likeness (QED) is 0.275. The van der Waals surface area contributed by atoms with Gasteiger partial charge < -0.3 is 28.1 Å². The first-order valence-corrected chi connectivity index (χ1v) is 12.7. The van der Waals surface area contributed by atoms with Crippen LogP contribution in [0.15, 0.2) is 16.6 Å². The Balaban J connectivity index is 1.50. The highest BCUT2D eigenvalue weighted by atomic mass is 79.9. The van der Waals surface area contributed by atoms with Gasteiger partial charge >= 0.3 is 14.0 Å². The minimum Gasteiger partial charge on any atom is -0.405 e. The Bertz CT molecular complexity index is 960. The average molecular weight is 541 g/mol. The van der Waals surface area contributed by atoms with E-state index in [2.05, 4.69) is 29.8 Å². The summed E-state index contributed by atoms with van der Waals surface area (Å²) in [5.74, 6) is -0.340. The number of hydrogen-bond acceptors (Lipinski definition) is 6. The molecule has 0 saturated carbocycles. The summed E-state index contributed by atoms with van der Waals surface area (Å²) >= 11 is 3.46. The van der Waals surface area contributed by atoms with E-state index in [4.69, 9.17) is 28.1 Å². The second kappa shape index (κ2) is 8.54. The van der Waals surface area contributed by atoms with Crippen molar-refractivity contribution in [2.45, 2.75) is 96.7 Å². The van der Waals surface area contributed by atoms with Gasteiger partial charge in [-0.25, -0.2) is 4.39 Å². The Morgan fingerprint density at radius 1 is 1.03 bits per heavy atom. The minimum atomic E-state index is -0.888. The summed E-state index contributed by atoms with van der Waals surface area (Å²) in [5.41, 5.74) is -2.08. The summed E-state index contributed by atoms with van der Waals surface area (Å²) in [5, 5.41) is 0. The monoisotopic (exact) mass is 540 g/mol. The van der Waals surface area contributed by atoms with Gasteiger partial charge in [-0.05, 0) is 80.4 Å². The van der Waals surface area contributed by atoms with Gasteiger partial charge in [-0.2, -0.15) is 0 Å². The van der Waals surface area contributed by atoms with Gasteiger partial charge in [0.2, 0.25) is 0 Å². The number of ether oxygens (including phenoxy) is 2. The molecule has 0 radical (unpaired) electrons. The highest BCUT2D eigenvalue weighted by molar-refractivity contribution is 9.10. The molecule has 1 aromatic carbocycles. The highest BCUT2D eigenvalue weighted by Crippen LogP contribution is 2.53. The molecule has 3 aliphatic rings. The zero-order valence-electron chi connectivity index (χ0n) is 21.7. The smallest absolute Gasteiger partial charge is 0.405 e. The van der Waals surface area contributed by atoms with Crippen LogP contribution in [-0.4, -0.2) is 49.8 Å². The first-order chi connectivity index (χ1) is 15.5. The second-order valence-electron chi connectivity index (χ2n) is 11.7. The maximum Gasteiger partial charge on any atom is 0.489 e. The molecule has 0 aromatic heterocycles. The van der Waals surface area contributed by atoms with Gasteiger partial charge in [0.1, 0.15) is 12.6 Å². The third-order valence-electron chi connectivity index (χ3n) is 8.37. The van der Waals surface area contributed by atoms with Gasteiger partial charge in [-0.15, -0.1) is 0 Å². The van der Waals surface area contributed by atoms with Crippen molar-refractivity contribution in [2.24, 2.45) is 5.92 Å². The van der Waals surface area contributed by atoms with Crippen molar-refractivity contribution in [3.63, 3.8) is 0 Å². The highest BCUT2D eigenvalue weighted by Gasteiger charge is 2.70. The van der Waals surface area contributed by atoms with Gasteiger partial charge in [-0.3, -0.25) is 0 Å². The Labute approximate surface area is 211 Å². The molecule has 3 saturated heterocycles. The van der Waals surface area contributed by atoms with Crippen LogP contribution >= 0.6 is 15.9 Å². The lowest BCUT2D eigenvalue weighted by Gasteiger charge is -2.47. The molecule has 4 rings (SSSR count). The summed E-state index contributed by atoms with van der Waals surface area (Å²) in [7, 11) is -1.18. The van der Waals surface area contributed by atoms with Gasteiger partial charge in [-0.1, -0.05) is 22.0 Å². The van der Waals surface area contributed by atoms with Crippen LogP contribution in [0.4, 0.5) is 4.39 Å². The van der Waals surface area contributed by atoms with Crippen LogP contribution in [0.2, 0.25) is 0 Å². The third kappa shape index (κ3) is 4.21. The molecule has 10 heteroatoms. The van der Waals surface area contributed by atoms with Crippen LogP contribution in [-0.2, 0) is 33.7 Å². The van der Waals surface area contributed by atoms with Crippen molar-refractivity contribution in [1.29, 1.82) is 0 Å².